The van der Waals surface area contributed by atoms with Crippen molar-refractivity contribution in [3.63, 3.8) is 0 Å². The average Bonchev–Trinajstić information content (AvgIpc) is 3.41. The Labute approximate surface area is 201 Å². The summed E-state index contributed by atoms with van der Waals surface area (Å²) in [6, 6.07) is 4.83. The van der Waals surface area contributed by atoms with E-state index in [9.17, 15) is 0 Å². The van der Waals surface area contributed by atoms with Gasteiger partial charge in [-0.2, -0.15) is 10.2 Å². The van der Waals surface area contributed by atoms with Crippen LogP contribution >= 0.6 is 0 Å². The molecule has 182 valence electrons. The van der Waals surface area contributed by atoms with E-state index >= 15 is 0 Å². The second kappa shape index (κ2) is 9.76. The standard InChI is InChI=1S/C25H35N7O2/c1-17(2)30-10-7-19(8-11-30)18(3)31-15-21(14-28-31)32-25-22(9-12-34-16-27-25)24(29-32)20-5-6-23(33-4)26-13-20/h5-6,13-15,17-19,27H,7-12,16H2,1-4H3/t18-/m0/s1. The topological polar surface area (TPSA) is 82.3 Å². The third-order valence-corrected chi connectivity index (χ3v) is 7.28. The summed E-state index contributed by atoms with van der Waals surface area (Å²) in [6.07, 6.45) is 9.04. The van der Waals surface area contributed by atoms with Gasteiger partial charge in [0, 0.05) is 35.9 Å². The fourth-order valence-electron chi connectivity index (χ4n) is 5.09. The first-order valence-corrected chi connectivity index (χ1v) is 12.3. The smallest absolute Gasteiger partial charge is 0.212 e. The normalized spacial score (nSPS) is 18.4. The lowest BCUT2D eigenvalue weighted by atomic mass is 9.90. The lowest BCUT2D eigenvalue weighted by molar-refractivity contribution is 0.124. The molecule has 0 spiro atoms. The highest BCUT2D eigenvalue weighted by Gasteiger charge is 2.27. The van der Waals surface area contributed by atoms with Gasteiger partial charge in [-0.05, 0) is 58.7 Å². The largest absolute Gasteiger partial charge is 0.481 e. The summed E-state index contributed by atoms with van der Waals surface area (Å²) in [6.45, 7) is 10.3. The number of piperidine rings is 1. The molecule has 5 heterocycles. The van der Waals surface area contributed by atoms with E-state index in [0.717, 1.165) is 47.8 Å². The van der Waals surface area contributed by atoms with Crippen LogP contribution in [0.4, 0.5) is 5.82 Å². The molecule has 1 N–H and O–H groups in total. The maximum absolute atomic E-state index is 5.69. The van der Waals surface area contributed by atoms with Gasteiger partial charge < -0.3 is 19.7 Å². The van der Waals surface area contributed by atoms with E-state index in [4.69, 9.17) is 19.7 Å². The fraction of sp³-hybridized carbons (Fsp3) is 0.560. The summed E-state index contributed by atoms with van der Waals surface area (Å²) >= 11 is 0. The zero-order valence-corrected chi connectivity index (χ0v) is 20.6. The van der Waals surface area contributed by atoms with E-state index in [0.29, 0.717) is 37.2 Å². The monoisotopic (exact) mass is 465 g/mol. The summed E-state index contributed by atoms with van der Waals surface area (Å²) in [4.78, 5) is 6.95. The maximum atomic E-state index is 5.69. The van der Waals surface area contributed by atoms with Crippen LogP contribution in [0.1, 0.15) is 45.2 Å². The van der Waals surface area contributed by atoms with E-state index in [1.54, 1.807) is 7.11 Å². The number of hydrogen-bond acceptors (Lipinski definition) is 7. The molecule has 0 saturated carbocycles. The van der Waals surface area contributed by atoms with Crippen molar-refractivity contribution in [2.75, 3.05) is 38.9 Å². The molecule has 1 fully saturated rings. The molecular weight excluding hydrogens is 430 g/mol. The Morgan fingerprint density at radius 2 is 1.97 bits per heavy atom. The van der Waals surface area contributed by atoms with Gasteiger partial charge in [-0.15, -0.1) is 0 Å². The molecule has 9 nitrogen and oxygen atoms in total. The number of nitrogens with one attached hydrogen (secondary N) is 1. The van der Waals surface area contributed by atoms with Gasteiger partial charge in [-0.3, -0.25) is 4.68 Å². The average molecular weight is 466 g/mol. The number of hydrogen-bond donors (Lipinski definition) is 1. The molecular formula is C25H35N7O2. The highest BCUT2D eigenvalue weighted by Crippen LogP contribution is 2.34. The Bertz CT molecular complexity index is 1100. The molecule has 3 aromatic heterocycles. The minimum absolute atomic E-state index is 0.346. The van der Waals surface area contributed by atoms with Gasteiger partial charge in [-0.1, -0.05) is 0 Å². The van der Waals surface area contributed by atoms with Crippen LogP contribution in [0.25, 0.3) is 16.9 Å². The molecule has 1 atom stereocenters. The van der Waals surface area contributed by atoms with E-state index < -0.39 is 0 Å². The van der Waals surface area contributed by atoms with Gasteiger partial charge >= 0.3 is 0 Å². The zero-order chi connectivity index (χ0) is 23.7. The highest BCUT2D eigenvalue weighted by molar-refractivity contribution is 5.70. The summed E-state index contributed by atoms with van der Waals surface area (Å²) in [7, 11) is 1.62. The van der Waals surface area contributed by atoms with Crippen LogP contribution in [0.5, 0.6) is 5.88 Å². The van der Waals surface area contributed by atoms with Crippen LogP contribution in [0.15, 0.2) is 30.7 Å². The molecule has 0 radical (unpaired) electrons. The van der Waals surface area contributed by atoms with Crippen LogP contribution in [0.2, 0.25) is 0 Å². The van der Waals surface area contributed by atoms with Gasteiger partial charge in [0.05, 0.1) is 37.8 Å². The van der Waals surface area contributed by atoms with Crippen molar-refractivity contribution in [2.24, 2.45) is 5.92 Å². The van der Waals surface area contributed by atoms with Crippen molar-refractivity contribution >= 4 is 5.82 Å². The van der Waals surface area contributed by atoms with Gasteiger partial charge in [0.1, 0.15) is 18.2 Å². The first-order valence-electron chi connectivity index (χ1n) is 12.3. The van der Waals surface area contributed by atoms with Crippen molar-refractivity contribution in [3.8, 4) is 22.8 Å². The van der Waals surface area contributed by atoms with E-state index in [-0.39, 0.29) is 0 Å². The van der Waals surface area contributed by atoms with Crippen molar-refractivity contribution in [2.45, 2.75) is 52.1 Å². The number of fused-ring (bicyclic) bond motifs is 1. The van der Waals surface area contributed by atoms with Crippen molar-refractivity contribution < 1.29 is 9.47 Å². The number of anilines is 1. The molecule has 0 aromatic carbocycles. The molecule has 1 saturated heterocycles. The number of nitrogens with zero attached hydrogens (tertiary/aromatic N) is 6. The number of likely N-dealkylation sites (tertiary alicyclic amines) is 1. The quantitative estimate of drug-likeness (QED) is 0.593. The minimum Gasteiger partial charge on any atom is -0.481 e. The Hall–Kier alpha value is -2.91. The lowest BCUT2D eigenvalue weighted by Gasteiger charge is -2.37. The number of methoxy groups -OCH3 is 1. The zero-order valence-electron chi connectivity index (χ0n) is 20.6. The molecule has 5 rings (SSSR count). The van der Waals surface area contributed by atoms with Crippen LogP contribution in [0.3, 0.4) is 0 Å². The Balaban J connectivity index is 1.42. The molecule has 0 bridgehead atoms. The predicted molar refractivity (Wildman–Crippen MR) is 131 cm³/mol. The highest BCUT2D eigenvalue weighted by atomic mass is 16.5. The second-order valence-electron chi connectivity index (χ2n) is 9.54. The summed E-state index contributed by atoms with van der Waals surface area (Å²) in [5.74, 6) is 2.18. The minimum atomic E-state index is 0.346. The van der Waals surface area contributed by atoms with Crippen molar-refractivity contribution in [1.82, 2.24) is 29.4 Å². The van der Waals surface area contributed by atoms with E-state index in [2.05, 4.69) is 46.9 Å². The lowest BCUT2D eigenvalue weighted by Crippen LogP contribution is -2.40. The van der Waals surface area contributed by atoms with Crippen LogP contribution in [0, 0.1) is 5.92 Å². The summed E-state index contributed by atoms with van der Waals surface area (Å²) in [5.41, 5.74) is 3.94. The molecule has 0 unspecified atom stereocenters. The number of ether oxygens (including phenoxy) is 2. The molecule has 9 heteroatoms. The fourth-order valence-corrected chi connectivity index (χ4v) is 5.09. The SMILES string of the molecule is COc1ccc(-c2nn(-c3cnn([C@@H](C)C4CCN(C(C)C)CC4)c3)c3c2CCOCN3)cn1. The summed E-state index contributed by atoms with van der Waals surface area (Å²) in [5, 5.41) is 13.2. The third-order valence-electron chi connectivity index (χ3n) is 7.28. The molecule has 3 aromatic rings. The van der Waals surface area contributed by atoms with Crippen LogP contribution < -0.4 is 10.1 Å². The van der Waals surface area contributed by atoms with E-state index in [1.807, 2.05) is 29.2 Å². The first kappa shape index (κ1) is 22.9. The van der Waals surface area contributed by atoms with Gasteiger partial charge in [0.25, 0.3) is 0 Å². The number of aromatic nitrogens is 5. The van der Waals surface area contributed by atoms with Crippen molar-refractivity contribution in [1.29, 1.82) is 0 Å². The molecule has 0 amide bonds. The Morgan fingerprint density at radius 1 is 1.15 bits per heavy atom. The molecule has 34 heavy (non-hydrogen) atoms. The number of pyridine rings is 1. The van der Waals surface area contributed by atoms with Gasteiger partial charge in [-0.25, -0.2) is 9.67 Å². The van der Waals surface area contributed by atoms with Crippen LogP contribution in [-0.4, -0.2) is 69.0 Å². The van der Waals surface area contributed by atoms with Crippen LogP contribution in [-0.2, 0) is 11.2 Å². The third kappa shape index (κ3) is 4.42. The molecule has 0 aliphatic carbocycles. The predicted octanol–water partition coefficient (Wildman–Crippen LogP) is 3.76. The summed E-state index contributed by atoms with van der Waals surface area (Å²) < 4.78 is 15.0. The number of rotatable bonds is 6. The second-order valence-corrected chi connectivity index (χ2v) is 9.54. The Kier molecular flexibility index (Phi) is 6.56. The van der Waals surface area contributed by atoms with Gasteiger partial charge in [0.2, 0.25) is 5.88 Å². The molecule has 2 aliphatic heterocycles. The van der Waals surface area contributed by atoms with Gasteiger partial charge in [0.15, 0.2) is 0 Å². The van der Waals surface area contributed by atoms with Crippen molar-refractivity contribution in [3.05, 3.63) is 36.3 Å². The molecule has 2 aliphatic rings. The first-order chi connectivity index (χ1) is 16.5. The van der Waals surface area contributed by atoms with E-state index in [1.165, 1.54) is 12.8 Å². The Morgan fingerprint density at radius 3 is 2.68 bits per heavy atom. The maximum Gasteiger partial charge on any atom is 0.212 e.